The lowest BCUT2D eigenvalue weighted by molar-refractivity contribution is -0.117. The second-order valence-corrected chi connectivity index (χ2v) is 3.65. The van der Waals surface area contributed by atoms with Gasteiger partial charge < -0.3 is 10.1 Å². The van der Waals surface area contributed by atoms with Gasteiger partial charge in [0.2, 0.25) is 5.91 Å². The van der Waals surface area contributed by atoms with Crippen LogP contribution in [0.4, 0.5) is 0 Å². The first-order valence-corrected chi connectivity index (χ1v) is 5.16. The van der Waals surface area contributed by atoms with E-state index in [2.05, 4.69) is 5.32 Å². The van der Waals surface area contributed by atoms with Crippen molar-refractivity contribution in [2.24, 2.45) is 0 Å². The average Bonchev–Trinajstić information content (AvgIpc) is 2.22. The standard InChI is InChI=1S/C12H21NO2/c1-7-11(15-8(2)3)9(4)10(5)12(14)13-6/h7-8H,1-6H3,(H,13,14)/b10-9+,11-7+. The number of carbonyl (C=O) groups excluding carboxylic acids is 1. The van der Waals surface area contributed by atoms with E-state index >= 15 is 0 Å². The van der Waals surface area contributed by atoms with E-state index in [-0.39, 0.29) is 12.0 Å². The smallest absolute Gasteiger partial charge is 0.247 e. The highest BCUT2D eigenvalue weighted by Crippen LogP contribution is 2.17. The van der Waals surface area contributed by atoms with Gasteiger partial charge in [-0.1, -0.05) is 0 Å². The lowest BCUT2D eigenvalue weighted by Gasteiger charge is -2.15. The van der Waals surface area contributed by atoms with E-state index in [0.717, 1.165) is 11.3 Å². The van der Waals surface area contributed by atoms with Crippen LogP contribution in [0.3, 0.4) is 0 Å². The van der Waals surface area contributed by atoms with Crippen molar-refractivity contribution in [3.8, 4) is 0 Å². The molecule has 0 heterocycles. The van der Waals surface area contributed by atoms with Crippen LogP contribution in [-0.4, -0.2) is 19.1 Å². The molecule has 0 rings (SSSR count). The van der Waals surface area contributed by atoms with Crippen molar-refractivity contribution in [3.63, 3.8) is 0 Å². The Balaban J connectivity index is 4.94. The van der Waals surface area contributed by atoms with Crippen LogP contribution in [0.1, 0.15) is 34.6 Å². The Kier molecular flexibility index (Phi) is 5.75. The summed E-state index contributed by atoms with van der Waals surface area (Å²) in [6.07, 6.45) is 1.99. The Labute approximate surface area is 92.2 Å². The molecule has 0 aliphatic heterocycles. The molecule has 1 N–H and O–H groups in total. The number of carbonyl (C=O) groups is 1. The van der Waals surface area contributed by atoms with Crippen LogP contribution in [-0.2, 0) is 9.53 Å². The van der Waals surface area contributed by atoms with E-state index < -0.39 is 0 Å². The summed E-state index contributed by atoms with van der Waals surface area (Å²) in [5, 5.41) is 2.60. The normalized spacial score (nSPS) is 13.7. The summed E-state index contributed by atoms with van der Waals surface area (Å²) in [6.45, 7) is 9.51. The first-order chi connectivity index (χ1) is 6.93. The van der Waals surface area contributed by atoms with Crippen LogP contribution in [0.2, 0.25) is 0 Å². The van der Waals surface area contributed by atoms with E-state index in [1.54, 1.807) is 14.0 Å². The highest BCUT2D eigenvalue weighted by Gasteiger charge is 2.10. The molecule has 0 aromatic heterocycles. The van der Waals surface area contributed by atoms with Crippen LogP contribution in [0.5, 0.6) is 0 Å². The molecule has 0 fully saturated rings. The Morgan fingerprint density at radius 1 is 1.27 bits per heavy atom. The zero-order valence-electron chi connectivity index (χ0n) is 10.5. The fourth-order valence-electron chi connectivity index (χ4n) is 1.17. The third-order valence-corrected chi connectivity index (χ3v) is 2.12. The van der Waals surface area contributed by atoms with E-state index in [4.69, 9.17) is 4.74 Å². The Bertz CT molecular complexity index is 288. The molecule has 0 unspecified atom stereocenters. The molecular weight excluding hydrogens is 190 g/mol. The van der Waals surface area contributed by atoms with Gasteiger partial charge in [0.15, 0.2) is 0 Å². The summed E-state index contributed by atoms with van der Waals surface area (Å²) in [5.41, 5.74) is 1.57. The number of ether oxygens (including phenoxy) is 1. The van der Waals surface area contributed by atoms with E-state index in [0.29, 0.717) is 5.57 Å². The van der Waals surface area contributed by atoms with Crippen LogP contribution in [0.15, 0.2) is 23.0 Å². The van der Waals surface area contributed by atoms with Crippen molar-refractivity contribution in [2.75, 3.05) is 7.05 Å². The minimum absolute atomic E-state index is 0.0702. The van der Waals surface area contributed by atoms with E-state index in [1.165, 1.54) is 0 Å². The molecule has 0 aliphatic carbocycles. The van der Waals surface area contributed by atoms with Crippen LogP contribution in [0.25, 0.3) is 0 Å². The number of hydrogen-bond acceptors (Lipinski definition) is 2. The maximum absolute atomic E-state index is 11.4. The SMILES string of the molecule is C/C=C(OC(C)C)\C(C)=C(/C)C(=O)NC. The topological polar surface area (TPSA) is 38.3 Å². The van der Waals surface area contributed by atoms with Gasteiger partial charge in [0.05, 0.1) is 6.10 Å². The monoisotopic (exact) mass is 211 g/mol. The maximum Gasteiger partial charge on any atom is 0.247 e. The summed E-state index contributed by atoms with van der Waals surface area (Å²) in [5.74, 6) is 0.699. The van der Waals surface area contributed by atoms with Gasteiger partial charge in [-0.3, -0.25) is 4.79 Å². The van der Waals surface area contributed by atoms with Crippen LogP contribution < -0.4 is 5.32 Å². The van der Waals surface area contributed by atoms with Gasteiger partial charge in [-0.25, -0.2) is 0 Å². The summed E-state index contributed by atoms with van der Waals surface area (Å²) < 4.78 is 5.60. The highest BCUT2D eigenvalue weighted by atomic mass is 16.5. The molecule has 0 aliphatic rings. The predicted molar refractivity (Wildman–Crippen MR) is 62.4 cm³/mol. The van der Waals surface area contributed by atoms with Gasteiger partial charge in [0, 0.05) is 12.6 Å². The second-order valence-electron chi connectivity index (χ2n) is 3.65. The number of allylic oxidation sites excluding steroid dienone is 2. The van der Waals surface area contributed by atoms with Crippen molar-refractivity contribution in [3.05, 3.63) is 23.0 Å². The summed E-state index contributed by atoms with van der Waals surface area (Å²) in [6, 6.07) is 0. The van der Waals surface area contributed by atoms with Crippen molar-refractivity contribution in [2.45, 2.75) is 40.7 Å². The Hall–Kier alpha value is -1.25. The highest BCUT2D eigenvalue weighted by molar-refractivity contribution is 5.93. The molecular formula is C12H21NO2. The molecule has 0 saturated heterocycles. The lowest BCUT2D eigenvalue weighted by atomic mass is 10.1. The summed E-state index contributed by atoms with van der Waals surface area (Å²) in [7, 11) is 1.62. The summed E-state index contributed by atoms with van der Waals surface area (Å²) in [4.78, 5) is 11.4. The molecule has 0 bridgehead atoms. The lowest BCUT2D eigenvalue weighted by Crippen LogP contribution is -2.20. The average molecular weight is 211 g/mol. The largest absolute Gasteiger partial charge is 0.491 e. The van der Waals surface area contributed by atoms with E-state index in [1.807, 2.05) is 33.8 Å². The molecule has 86 valence electrons. The van der Waals surface area contributed by atoms with Gasteiger partial charge in [-0.15, -0.1) is 0 Å². The number of rotatable bonds is 4. The molecule has 0 radical (unpaired) electrons. The minimum atomic E-state index is -0.0702. The Morgan fingerprint density at radius 2 is 1.80 bits per heavy atom. The zero-order chi connectivity index (χ0) is 12.0. The number of hydrogen-bond donors (Lipinski definition) is 1. The zero-order valence-corrected chi connectivity index (χ0v) is 10.5. The van der Waals surface area contributed by atoms with Gasteiger partial charge >= 0.3 is 0 Å². The van der Waals surface area contributed by atoms with Crippen molar-refractivity contribution >= 4 is 5.91 Å². The Morgan fingerprint density at radius 3 is 2.13 bits per heavy atom. The van der Waals surface area contributed by atoms with Crippen LogP contribution >= 0.6 is 0 Å². The van der Waals surface area contributed by atoms with Crippen molar-refractivity contribution < 1.29 is 9.53 Å². The number of likely N-dealkylation sites (N-methyl/N-ethyl adjacent to an activating group) is 1. The fraction of sp³-hybridized carbons (Fsp3) is 0.583. The molecule has 0 aromatic rings. The van der Waals surface area contributed by atoms with E-state index in [9.17, 15) is 4.79 Å². The van der Waals surface area contributed by atoms with Crippen LogP contribution in [0, 0.1) is 0 Å². The first kappa shape index (κ1) is 13.8. The first-order valence-electron chi connectivity index (χ1n) is 5.16. The predicted octanol–water partition coefficient (Wildman–Crippen LogP) is 2.40. The molecule has 0 atom stereocenters. The summed E-state index contributed by atoms with van der Waals surface area (Å²) >= 11 is 0. The quantitative estimate of drug-likeness (QED) is 0.440. The molecule has 0 aromatic carbocycles. The number of amides is 1. The second kappa shape index (κ2) is 6.27. The molecule has 0 spiro atoms. The van der Waals surface area contributed by atoms with Gasteiger partial charge in [0.1, 0.15) is 5.76 Å². The van der Waals surface area contributed by atoms with Crippen molar-refractivity contribution in [1.82, 2.24) is 5.32 Å². The van der Waals surface area contributed by atoms with Crippen molar-refractivity contribution in [1.29, 1.82) is 0 Å². The minimum Gasteiger partial charge on any atom is -0.491 e. The van der Waals surface area contributed by atoms with Gasteiger partial charge in [-0.2, -0.15) is 0 Å². The maximum atomic E-state index is 11.4. The van der Waals surface area contributed by atoms with Gasteiger partial charge in [0.25, 0.3) is 0 Å². The van der Waals surface area contributed by atoms with Gasteiger partial charge in [-0.05, 0) is 46.3 Å². The molecule has 15 heavy (non-hydrogen) atoms. The molecule has 1 amide bonds. The third kappa shape index (κ3) is 4.19. The molecule has 0 saturated carbocycles. The molecule has 3 nitrogen and oxygen atoms in total. The number of nitrogens with one attached hydrogen (secondary N) is 1. The molecule has 3 heteroatoms. The third-order valence-electron chi connectivity index (χ3n) is 2.12. The fourth-order valence-corrected chi connectivity index (χ4v) is 1.17.